The minimum Gasteiger partial charge on any atom is -0.383 e. The van der Waals surface area contributed by atoms with Gasteiger partial charge in [0, 0.05) is 25.9 Å². The van der Waals surface area contributed by atoms with Crippen LogP contribution in [0.25, 0.3) is 0 Å². The van der Waals surface area contributed by atoms with Crippen LogP contribution in [-0.2, 0) is 21.4 Å². The number of aryl methyl sites for hydroxylation is 1. The number of rotatable bonds is 8. The van der Waals surface area contributed by atoms with Crippen LogP contribution in [0.5, 0.6) is 5.75 Å². The second kappa shape index (κ2) is 9.38. The third kappa shape index (κ3) is 7.28. The molecule has 27 heavy (non-hydrogen) atoms. The summed E-state index contributed by atoms with van der Waals surface area (Å²) in [5, 5.41) is 2.87. The molecule has 0 aliphatic rings. The van der Waals surface area contributed by atoms with Crippen molar-refractivity contribution in [1.29, 1.82) is 0 Å². The fraction of sp³-hybridized carbons (Fsp3) is 0.316. The van der Waals surface area contributed by atoms with Gasteiger partial charge in [-0.1, -0.05) is 24.3 Å². The maximum absolute atomic E-state index is 12.7. The van der Waals surface area contributed by atoms with Crippen molar-refractivity contribution < 1.29 is 22.1 Å². The normalized spacial score (nSPS) is 11.1. The quantitative estimate of drug-likeness (QED) is 0.698. The molecule has 0 aliphatic carbocycles. The molecule has 2 aromatic rings. The van der Waals surface area contributed by atoms with E-state index >= 15 is 0 Å². The van der Waals surface area contributed by atoms with E-state index < -0.39 is 10.1 Å². The van der Waals surface area contributed by atoms with E-state index in [1.54, 1.807) is 36.3 Å². The van der Waals surface area contributed by atoms with Crippen LogP contribution in [0, 0.1) is 6.92 Å². The van der Waals surface area contributed by atoms with Crippen molar-refractivity contribution in [2.45, 2.75) is 13.5 Å². The summed E-state index contributed by atoms with van der Waals surface area (Å²) in [7, 11) is -2.04. The number of carbonyl (C=O) groups is 1. The van der Waals surface area contributed by atoms with Gasteiger partial charge in [-0.2, -0.15) is 8.42 Å². The van der Waals surface area contributed by atoms with Gasteiger partial charge in [0.05, 0.1) is 12.9 Å². The van der Waals surface area contributed by atoms with Crippen LogP contribution in [-0.4, -0.2) is 45.9 Å². The zero-order valence-electron chi connectivity index (χ0n) is 15.6. The molecule has 0 saturated carbocycles. The topological polar surface area (TPSA) is 84.9 Å². The largest absolute Gasteiger partial charge is 0.383 e. The van der Waals surface area contributed by atoms with E-state index in [9.17, 15) is 13.2 Å². The number of hydrogen-bond acceptors (Lipinski definition) is 5. The minimum atomic E-state index is -3.61. The number of ether oxygens (including phenoxy) is 1. The highest BCUT2D eigenvalue weighted by Crippen LogP contribution is 2.17. The van der Waals surface area contributed by atoms with E-state index in [0.717, 1.165) is 17.4 Å². The molecule has 0 heterocycles. The highest BCUT2D eigenvalue weighted by atomic mass is 32.2. The Hall–Kier alpha value is -2.58. The third-order valence-electron chi connectivity index (χ3n) is 3.64. The van der Waals surface area contributed by atoms with Gasteiger partial charge in [0.25, 0.3) is 0 Å². The average Bonchev–Trinajstić information content (AvgIpc) is 2.57. The van der Waals surface area contributed by atoms with Crippen LogP contribution >= 0.6 is 0 Å². The Kier molecular flexibility index (Phi) is 7.20. The highest BCUT2D eigenvalue weighted by molar-refractivity contribution is 7.86. The third-order valence-corrected chi connectivity index (χ3v) is 4.14. The molecule has 0 aliphatic heterocycles. The zero-order valence-corrected chi connectivity index (χ0v) is 16.5. The first-order chi connectivity index (χ1) is 12.8. The Bertz CT molecular complexity index is 883. The van der Waals surface area contributed by atoms with Crippen molar-refractivity contribution in [3.63, 3.8) is 0 Å². The monoisotopic (exact) mass is 392 g/mol. The first-order valence-corrected chi connectivity index (χ1v) is 10.2. The number of nitrogens with one attached hydrogen (secondary N) is 1. The molecule has 0 aromatic heterocycles. The molecule has 2 rings (SSSR count). The van der Waals surface area contributed by atoms with Crippen molar-refractivity contribution in [1.82, 2.24) is 4.90 Å². The molecule has 0 saturated heterocycles. The van der Waals surface area contributed by atoms with Crippen molar-refractivity contribution in [2.75, 3.05) is 31.8 Å². The van der Waals surface area contributed by atoms with E-state index in [1.165, 1.54) is 0 Å². The zero-order chi connectivity index (χ0) is 19.9. The van der Waals surface area contributed by atoms with Crippen molar-refractivity contribution >= 4 is 21.8 Å². The van der Waals surface area contributed by atoms with E-state index in [2.05, 4.69) is 5.32 Å². The van der Waals surface area contributed by atoms with Gasteiger partial charge < -0.3 is 19.1 Å². The smallest absolute Gasteiger partial charge is 0.322 e. The lowest BCUT2D eigenvalue weighted by molar-refractivity contribution is 0.153. The second-order valence-corrected chi connectivity index (χ2v) is 7.72. The summed E-state index contributed by atoms with van der Waals surface area (Å²) in [5.41, 5.74) is 2.49. The van der Waals surface area contributed by atoms with Crippen molar-refractivity contribution in [3.05, 3.63) is 59.7 Å². The lowest BCUT2D eigenvalue weighted by atomic mass is 10.2. The summed E-state index contributed by atoms with van der Waals surface area (Å²) < 4.78 is 32.6. The molecule has 0 unspecified atom stereocenters. The van der Waals surface area contributed by atoms with E-state index in [4.69, 9.17) is 8.92 Å². The van der Waals surface area contributed by atoms with Crippen molar-refractivity contribution in [2.24, 2.45) is 0 Å². The van der Waals surface area contributed by atoms with Crippen LogP contribution in [0.4, 0.5) is 10.5 Å². The van der Waals surface area contributed by atoms with Gasteiger partial charge in [-0.05, 0) is 42.3 Å². The van der Waals surface area contributed by atoms with Crippen molar-refractivity contribution in [3.8, 4) is 5.75 Å². The molecule has 8 heteroatoms. The SMILES string of the molecule is COCCN(Cc1cccc(OS(C)(=O)=O)c1)C(=O)Nc1cccc(C)c1. The Morgan fingerprint density at radius 3 is 2.56 bits per heavy atom. The van der Waals surface area contributed by atoms with E-state index in [1.807, 2.05) is 31.2 Å². The molecule has 2 aromatic carbocycles. The molecule has 0 bridgehead atoms. The van der Waals surface area contributed by atoms with Gasteiger partial charge in [-0.25, -0.2) is 4.79 Å². The summed E-state index contributed by atoms with van der Waals surface area (Å²) >= 11 is 0. The molecular formula is C19H24N2O5S. The fourth-order valence-electron chi connectivity index (χ4n) is 2.47. The summed E-state index contributed by atoms with van der Waals surface area (Å²) in [4.78, 5) is 14.3. The predicted octanol–water partition coefficient (Wildman–Crippen LogP) is 3.01. The summed E-state index contributed by atoms with van der Waals surface area (Å²) in [5.74, 6) is 0.209. The number of benzene rings is 2. The lowest BCUT2D eigenvalue weighted by Gasteiger charge is -2.23. The van der Waals surface area contributed by atoms with Gasteiger partial charge in [-0.15, -0.1) is 0 Å². The predicted molar refractivity (Wildman–Crippen MR) is 104 cm³/mol. The van der Waals surface area contributed by atoms with Gasteiger partial charge in [0.1, 0.15) is 5.75 Å². The second-order valence-electron chi connectivity index (χ2n) is 6.15. The van der Waals surface area contributed by atoms with Gasteiger partial charge >= 0.3 is 16.1 Å². The molecule has 146 valence electrons. The van der Waals surface area contributed by atoms with Crippen LogP contribution < -0.4 is 9.50 Å². The average molecular weight is 392 g/mol. The van der Waals surface area contributed by atoms with Crippen LogP contribution in [0.1, 0.15) is 11.1 Å². The number of hydrogen-bond donors (Lipinski definition) is 1. The Labute approximate surface area is 160 Å². The first-order valence-electron chi connectivity index (χ1n) is 8.37. The molecule has 0 spiro atoms. The lowest BCUT2D eigenvalue weighted by Crippen LogP contribution is -2.36. The summed E-state index contributed by atoms with van der Waals surface area (Å²) in [6.45, 7) is 2.99. The summed E-state index contributed by atoms with van der Waals surface area (Å²) in [6.07, 6.45) is 0.986. The van der Waals surface area contributed by atoms with Gasteiger partial charge in [0.2, 0.25) is 0 Å². The Morgan fingerprint density at radius 2 is 1.89 bits per heavy atom. The number of nitrogens with zero attached hydrogens (tertiary/aromatic N) is 1. The molecular weight excluding hydrogens is 368 g/mol. The minimum absolute atomic E-state index is 0.209. The highest BCUT2D eigenvalue weighted by Gasteiger charge is 2.15. The van der Waals surface area contributed by atoms with Crippen LogP contribution in [0.2, 0.25) is 0 Å². The van der Waals surface area contributed by atoms with Crippen LogP contribution in [0.15, 0.2) is 48.5 Å². The number of amides is 2. The number of urea groups is 1. The van der Waals surface area contributed by atoms with E-state index in [0.29, 0.717) is 18.8 Å². The maximum atomic E-state index is 12.7. The fourth-order valence-corrected chi connectivity index (χ4v) is 2.92. The molecule has 0 fully saturated rings. The molecule has 7 nitrogen and oxygen atoms in total. The summed E-state index contributed by atoms with van der Waals surface area (Å²) in [6, 6.07) is 13.9. The molecule has 2 amide bonds. The Morgan fingerprint density at radius 1 is 1.15 bits per heavy atom. The standard InChI is InChI=1S/C19H24N2O5S/c1-15-6-4-8-17(12-15)20-19(22)21(10-11-25-2)14-16-7-5-9-18(13-16)26-27(3,23)24/h4-9,12-13H,10-11,14H2,1-3H3,(H,20,22). The number of methoxy groups -OCH3 is 1. The Balaban J connectivity index is 2.13. The maximum Gasteiger partial charge on any atom is 0.322 e. The van der Waals surface area contributed by atoms with Gasteiger partial charge in [0.15, 0.2) is 0 Å². The number of anilines is 1. The molecule has 1 N–H and O–H groups in total. The first kappa shape index (κ1) is 20.7. The van der Waals surface area contributed by atoms with E-state index in [-0.39, 0.29) is 18.3 Å². The van der Waals surface area contributed by atoms with Crippen LogP contribution in [0.3, 0.4) is 0 Å². The molecule has 0 radical (unpaired) electrons. The molecule has 0 atom stereocenters. The number of carbonyl (C=O) groups excluding carboxylic acids is 1. The van der Waals surface area contributed by atoms with Gasteiger partial charge in [-0.3, -0.25) is 0 Å².